The summed E-state index contributed by atoms with van der Waals surface area (Å²) in [7, 11) is 0. The molecule has 0 spiro atoms. The molecule has 116 valence electrons. The molecule has 3 rings (SSSR count). The third kappa shape index (κ3) is 3.07. The number of nitrogens with two attached hydrogens (primary N) is 1. The first-order chi connectivity index (χ1) is 10.0. The first-order valence-electron chi connectivity index (χ1n) is 7.23. The molecule has 1 aromatic rings. The van der Waals surface area contributed by atoms with Crippen molar-refractivity contribution in [3.05, 3.63) is 17.0 Å². The Bertz CT molecular complexity index is 503. The van der Waals surface area contributed by atoms with Crippen molar-refractivity contribution in [2.24, 2.45) is 5.92 Å². The average Bonchev–Trinajstić information content (AvgIpc) is 2.40. The van der Waals surface area contributed by atoms with E-state index in [4.69, 9.17) is 22.1 Å². The molecule has 0 amide bonds. The van der Waals surface area contributed by atoms with Gasteiger partial charge in [-0.15, -0.1) is 0 Å². The summed E-state index contributed by atoms with van der Waals surface area (Å²) in [5.41, 5.74) is 5.97. The van der Waals surface area contributed by atoms with Gasteiger partial charge in [-0.05, 0) is 6.92 Å². The minimum absolute atomic E-state index is 0.102. The van der Waals surface area contributed by atoms with Crippen molar-refractivity contribution in [2.75, 3.05) is 50.0 Å². The number of ether oxygens (including phenoxy) is 1. The molecule has 7 heteroatoms. The van der Waals surface area contributed by atoms with E-state index in [1.807, 2.05) is 0 Å². The Balaban J connectivity index is 1.67. The summed E-state index contributed by atoms with van der Waals surface area (Å²) >= 11 is 5.73. The molecule has 1 unspecified atom stereocenters. The van der Waals surface area contributed by atoms with Gasteiger partial charge >= 0.3 is 0 Å². The lowest BCUT2D eigenvalue weighted by molar-refractivity contribution is -0.0480. The summed E-state index contributed by atoms with van der Waals surface area (Å²) in [5, 5.41) is -0.102. The molecule has 2 fully saturated rings. The van der Waals surface area contributed by atoms with Crippen LogP contribution in [0, 0.1) is 11.9 Å². The third-order valence-corrected chi connectivity index (χ3v) is 4.54. The molecule has 2 saturated heterocycles. The van der Waals surface area contributed by atoms with Crippen LogP contribution < -0.4 is 10.6 Å². The Hall–Kier alpha value is -1.11. The van der Waals surface area contributed by atoms with Crippen molar-refractivity contribution < 1.29 is 9.13 Å². The number of nitrogen functional groups attached to an aromatic ring is 1. The number of hydrogen-bond acceptors (Lipinski definition) is 5. The lowest BCUT2D eigenvalue weighted by Crippen LogP contribution is -2.54. The lowest BCUT2D eigenvalue weighted by Gasteiger charge is -2.42. The van der Waals surface area contributed by atoms with Gasteiger partial charge in [0.15, 0.2) is 0 Å². The fourth-order valence-electron chi connectivity index (χ4n) is 2.94. The van der Waals surface area contributed by atoms with Crippen LogP contribution in [0.1, 0.15) is 6.92 Å². The van der Waals surface area contributed by atoms with E-state index in [9.17, 15) is 4.39 Å². The number of nitrogens with zero attached hydrogens (tertiary/aromatic N) is 3. The minimum atomic E-state index is -0.701. The molecule has 2 N–H and O–H groups in total. The van der Waals surface area contributed by atoms with Gasteiger partial charge < -0.3 is 15.4 Å². The van der Waals surface area contributed by atoms with Crippen molar-refractivity contribution in [1.82, 2.24) is 9.88 Å². The molecular formula is C14H20ClFN4O. The molecule has 5 nitrogen and oxygen atoms in total. The smallest absolute Gasteiger partial charge is 0.235 e. The van der Waals surface area contributed by atoms with Crippen molar-refractivity contribution in [1.29, 1.82) is 0 Å². The Morgan fingerprint density at radius 1 is 1.48 bits per heavy atom. The number of pyridine rings is 1. The maximum Gasteiger partial charge on any atom is 0.235 e. The highest BCUT2D eigenvalue weighted by molar-refractivity contribution is 6.33. The molecule has 0 bridgehead atoms. The summed E-state index contributed by atoms with van der Waals surface area (Å²) in [6, 6.07) is 1.91. The molecule has 1 atom stereocenters. The second kappa shape index (κ2) is 5.94. The number of halogens is 2. The number of aromatic nitrogens is 1. The van der Waals surface area contributed by atoms with Gasteiger partial charge in [0.2, 0.25) is 5.95 Å². The van der Waals surface area contributed by atoms with Crippen LogP contribution >= 0.6 is 11.6 Å². The standard InChI is InChI=1S/C14H20ClFN4O/c1-9-5-19(6-10-7-21-8-10)2-3-20(9)12-4-11(17)13(15)14(16)18-12/h4,9-10H,2-3,5-8H2,1H3,(H2,17,18). The molecule has 0 aromatic carbocycles. The largest absolute Gasteiger partial charge is 0.397 e. The average molecular weight is 315 g/mol. The van der Waals surface area contributed by atoms with Crippen LogP contribution in [0.15, 0.2) is 6.07 Å². The molecule has 0 radical (unpaired) electrons. The normalized spacial score (nSPS) is 24.1. The first kappa shape index (κ1) is 14.8. The minimum Gasteiger partial charge on any atom is -0.397 e. The summed E-state index contributed by atoms with van der Waals surface area (Å²) in [6.07, 6.45) is 0. The van der Waals surface area contributed by atoms with E-state index in [2.05, 4.69) is 21.7 Å². The second-order valence-electron chi connectivity index (χ2n) is 5.88. The Morgan fingerprint density at radius 3 is 2.81 bits per heavy atom. The molecule has 0 aliphatic carbocycles. The predicted molar refractivity (Wildman–Crippen MR) is 81.2 cm³/mol. The van der Waals surface area contributed by atoms with Crippen molar-refractivity contribution >= 4 is 23.1 Å². The zero-order valence-electron chi connectivity index (χ0n) is 12.1. The zero-order chi connectivity index (χ0) is 15.0. The second-order valence-corrected chi connectivity index (χ2v) is 6.26. The Kier molecular flexibility index (Phi) is 4.19. The van der Waals surface area contributed by atoms with E-state index >= 15 is 0 Å². The Morgan fingerprint density at radius 2 is 2.24 bits per heavy atom. The number of rotatable bonds is 3. The van der Waals surface area contributed by atoms with E-state index in [0.717, 1.165) is 39.4 Å². The topological polar surface area (TPSA) is 54.6 Å². The van der Waals surface area contributed by atoms with Crippen LogP contribution in [-0.2, 0) is 4.74 Å². The highest BCUT2D eigenvalue weighted by Crippen LogP contribution is 2.28. The van der Waals surface area contributed by atoms with Gasteiger partial charge in [-0.3, -0.25) is 4.90 Å². The maximum atomic E-state index is 13.7. The van der Waals surface area contributed by atoms with Gasteiger partial charge in [-0.25, -0.2) is 4.98 Å². The Labute approximate surface area is 128 Å². The highest BCUT2D eigenvalue weighted by Gasteiger charge is 2.29. The van der Waals surface area contributed by atoms with Crippen LogP contribution in [-0.4, -0.2) is 55.3 Å². The molecule has 2 aliphatic heterocycles. The van der Waals surface area contributed by atoms with Gasteiger partial charge in [-0.2, -0.15) is 4.39 Å². The van der Waals surface area contributed by atoms with Crippen LogP contribution in [0.4, 0.5) is 15.9 Å². The molecule has 2 aliphatic rings. The van der Waals surface area contributed by atoms with Crippen LogP contribution in [0.5, 0.6) is 0 Å². The van der Waals surface area contributed by atoms with Gasteiger partial charge in [-0.1, -0.05) is 11.6 Å². The first-order valence-corrected chi connectivity index (χ1v) is 7.60. The molecular weight excluding hydrogens is 295 g/mol. The predicted octanol–water partition coefficient (Wildman–Crippen LogP) is 1.61. The van der Waals surface area contributed by atoms with Gasteiger partial charge in [0.25, 0.3) is 0 Å². The molecule has 21 heavy (non-hydrogen) atoms. The van der Waals surface area contributed by atoms with E-state index in [1.165, 1.54) is 0 Å². The zero-order valence-corrected chi connectivity index (χ0v) is 12.8. The van der Waals surface area contributed by atoms with E-state index in [0.29, 0.717) is 11.7 Å². The highest BCUT2D eigenvalue weighted by atomic mass is 35.5. The number of anilines is 2. The van der Waals surface area contributed by atoms with Gasteiger partial charge in [0, 0.05) is 44.2 Å². The molecule has 0 saturated carbocycles. The monoisotopic (exact) mass is 314 g/mol. The summed E-state index contributed by atoms with van der Waals surface area (Å²) in [5.74, 6) is 0.520. The third-order valence-electron chi connectivity index (χ3n) is 4.16. The quantitative estimate of drug-likeness (QED) is 0.859. The van der Waals surface area contributed by atoms with E-state index in [1.54, 1.807) is 6.07 Å². The fourth-order valence-corrected chi connectivity index (χ4v) is 3.04. The molecule has 1 aromatic heterocycles. The summed E-state index contributed by atoms with van der Waals surface area (Å²) < 4.78 is 18.9. The van der Waals surface area contributed by atoms with Crippen LogP contribution in [0.25, 0.3) is 0 Å². The van der Waals surface area contributed by atoms with Crippen LogP contribution in [0.3, 0.4) is 0 Å². The summed E-state index contributed by atoms with van der Waals surface area (Å²) in [6.45, 7) is 7.61. The maximum absolute atomic E-state index is 13.7. The molecule has 3 heterocycles. The van der Waals surface area contributed by atoms with Gasteiger partial charge in [0.05, 0.1) is 18.9 Å². The number of piperazine rings is 1. The van der Waals surface area contributed by atoms with Crippen molar-refractivity contribution in [3.63, 3.8) is 0 Å². The summed E-state index contributed by atoms with van der Waals surface area (Å²) in [4.78, 5) is 8.45. The van der Waals surface area contributed by atoms with Gasteiger partial charge in [0.1, 0.15) is 10.8 Å². The number of hydrogen-bond donors (Lipinski definition) is 1. The van der Waals surface area contributed by atoms with E-state index < -0.39 is 5.95 Å². The van der Waals surface area contributed by atoms with Crippen LogP contribution in [0.2, 0.25) is 5.02 Å². The fraction of sp³-hybridized carbons (Fsp3) is 0.643. The van der Waals surface area contributed by atoms with Crippen molar-refractivity contribution in [2.45, 2.75) is 13.0 Å². The van der Waals surface area contributed by atoms with Crippen molar-refractivity contribution in [3.8, 4) is 0 Å². The lowest BCUT2D eigenvalue weighted by atomic mass is 10.1. The SMILES string of the molecule is CC1CN(CC2COC2)CCN1c1cc(N)c(Cl)c(F)n1. The van der Waals surface area contributed by atoms with E-state index in [-0.39, 0.29) is 16.8 Å².